The molecular formula is C13H22N4O. The quantitative estimate of drug-likeness (QED) is 0.803. The van der Waals surface area contributed by atoms with Gasteiger partial charge in [0, 0.05) is 25.2 Å². The van der Waals surface area contributed by atoms with Gasteiger partial charge in [0.2, 0.25) is 5.91 Å². The molecule has 0 aliphatic carbocycles. The molecule has 18 heavy (non-hydrogen) atoms. The predicted molar refractivity (Wildman–Crippen MR) is 70.1 cm³/mol. The first-order valence-electron chi connectivity index (χ1n) is 6.45. The van der Waals surface area contributed by atoms with Crippen molar-refractivity contribution < 1.29 is 4.79 Å². The molecule has 0 N–H and O–H groups in total. The molecule has 0 saturated carbocycles. The zero-order valence-corrected chi connectivity index (χ0v) is 11.6. The monoisotopic (exact) mass is 250 g/mol. The van der Waals surface area contributed by atoms with E-state index in [1.165, 1.54) is 0 Å². The third-order valence-electron chi connectivity index (χ3n) is 3.26. The standard InChI is InChI=1S/C13H22N4O/c1-10(2)13(18)16-8-11-5-6-14-17(11)12(9-16)7-15(3)4/h5-6,10,12H,7-9H2,1-4H3/t12-/m0/s1. The summed E-state index contributed by atoms with van der Waals surface area (Å²) in [5, 5.41) is 4.38. The van der Waals surface area contributed by atoms with Crippen LogP contribution in [-0.2, 0) is 11.3 Å². The highest BCUT2D eigenvalue weighted by Crippen LogP contribution is 2.22. The summed E-state index contributed by atoms with van der Waals surface area (Å²) < 4.78 is 2.06. The molecule has 0 radical (unpaired) electrons. The molecule has 0 aromatic carbocycles. The minimum atomic E-state index is 0.0551. The van der Waals surface area contributed by atoms with E-state index < -0.39 is 0 Å². The first-order chi connectivity index (χ1) is 8.49. The van der Waals surface area contributed by atoms with Crippen molar-refractivity contribution in [3.8, 4) is 0 Å². The Bertz CT molecular complexity index is 424. The summed E-state index contributed by atoms with van der Waals surface area (Å²) in [6.45, 7) is 6.24. The average molecular weight is 250 g/mol. The fourth-order valence-electron chi connectivity index (χ4n) is 2.48. The van der Waals surface area contributed by atoms with E-state index in [4.69, 9.17) is 0 Å². The van der Waals surface area contributed by atoms with E-state index in [2.05, 4.69) is 14.7 Å². The summed E-state index contributed by atoms with van der Waals surface area (Å²) in [5.41, 5.74) is 1.13. The molecule has 0 spiro atoms. The highest BCUT2D eigenvalue weighted by Gasteiger charge is 2.29. The molecule has 1 amide bonds. The number of carbonyl (C=O) groups is 1. The van der Waals surface area contributed by atoms with Crippen LogP contribution < -0.4 is 0 Å². The van der Waals surface area contributed by atoms with Crippen molar-refractivity contribution in [3.05, 3.63) is 18.0 Å². The Morgan fingerprint density at radius 3 is 2.89 bits per heavy atom. The smallest absolute Gasteiger partial charge is 0.225 e. The van der Waals surface area contributed by atoms with Gasteiger partial charge in [0.1, 0.15) is 0 Å². The molecule has 0 fully saturated rings. The fourth-order valence-corrected chi connectivity index (χ4v) is 2.48. The Morgan fingerprint density at radius 1 is 1.56 bits per heavy atom. The van der Waals surface area contributed by atoms with Crippen LogP contribution in [0.2, 0.25) is 0 Å². The minimum absolute atomic E-state index is 0.0551. The van der Waals surface area contributed by atoms with Crippen molar-refractivity contribution in [2.45, 2.75) is 26.4 Å². The number of hydrogen-bond donors (Lipinski definition) is 0. The van der Waals surface area contributed by atoms with Crippen LogP contribution in [0.5, 0.6) is 0 Å². The molecule has 1 aliphatic heterocycles. The number of amides is 1. The van der Waals surface area contributed by atoms with Crippen molar-refractivity contribution >= 4 is 5.91 Å². The average Bonchev–Trinajstić information content (AvgIpc) is 2.75. The van der Waals surface area contributed by atoms with Crippen LogP contribution in [0.3, 0.4) is 0 Å². The van der Waals surface area contributed by atoms with Gasteiger partial charge in [-0.1, -0.05) is 13.8 Å². The Hall–Kier alpha value is -1.36. The topological polar surface area (TPSA) is 41.4 Å². The lowest BCUT2D eigenvalue weighted by molar-refractivity contribution is -0.136. The van der Waals surface area contributed by atoms with Gasteiger partial charge in [-0.2, -0.15) is 5.10 Å². The molecule has 0 bridgehead atoms. The van der Waals surface area contributed by atoms with Gasteiger partial charge in [0.25, 0.3) is 0 Å². The Balaban J connectivity index is 2.20. The number of rotatable bonds is 3. The van der Waals surface area contributed by atoms with Crippen molar-refractivity contribution in [2.75, 3.05) is 27.2 Å². The number of likely N-dealkylation sites (N-methyl/N-ethyl adjacent to an activating group) is 1. The molecule has 5 nitrogen and oxygen atoms in total. The van der Waals surface area contributed by atoms with Gasteiger partial charge in [0.05, 0.1) is 18.3 Å². The second-order valence-corrected chi connectivity index (χ2v) is 5.56. The van der Waals surface area contributed by atoms with Gasteiger partial charge in [-0.05, 0) is 20.2 Å². The van der Waals surface area contributed by atoms with Crippen LogP contribution in [0.1, 0.15) is 25.6 Å². The fraction of sp³-hybridized carbons (Fsp3) is 0.692. The molecule has 0 saturated heterocycles. The molecule has 0 unspecified atom stereocenters. The van der Waals surface area contributed by atoms with Crippen molar-refractivity contribution in [1.82, 2.24) is 19.6 Å². The maximum absolute atomic E-state index is 12.1. The van der Waals surface area contributed by atoms with Crippen molar-refractivity contribution in [3.63, 3.8) is 0 Å². The summed E-state index contributed by atoms with van der Waals surface area (Å²) >= 11 is 0. The van der Waals surface area contributed by atoms with Gasteiger partial charge >= 0.3 is 0 Å². The SMILES string of the molecule is CC(C)C(=O)N1Cc2ccnn2[C@@H](CN(C)C)C1. The van der Waals surface area contributed by atoms with E-state index in [1.807, 2.05) is 45.1 Å². The van der Waals surface area contributed by atoms with Crippen LogP contribution in [0.15, 0.2) is 12.3 Å². The molecule has 2 heterocycles. The van der Waals surface area contributed by atoms with E-state index in [1.54, 1.807) is 0 Å². The van der Waals surface area contributed by atoms with E-state index >= 15 is 0 Å². The summed E-state index contributed by atoms with van der Waals surface area (Å²) in [7, 11) is 4.10. The maximum atomic E-state index is 12.1. The first-order valence-corrected chi connectivity index (χ1v) is 6.45. The van der Waals surface area contributed by atoms with E-state index in [0.29, 0.717) is 6.54 Å². The van der Waals surface area contributed by atoms with Crippen LogP contribution >= 0.6 is 0 Å². The normalized spacial score (nSPS) is 19.4. The summed E-state index contributed by atoms with van der Waals surface area (Å²) in [5.74, 6) is 0.283. The second kappa shape index (κ2) is 5.10. The van der Waals surface area contributed by atoms with Gasteiger partial charge < -0.3 is 9.80 Å². The van der Waals surface area contributed by atoms with E-state index in [0.717, 1.165) is 18.8 Å². The number of aromatic nitrogens is 2. The third-order valence-corrected chi connectivity index (χ3v) is 3.26. The molecule has 1 aromatic heterocycles. The molecule has 1 atom stereocenters. The molecule has 100 valence electrons. The maximum Gasteiger partial charge on any atom is 0.225 e. The van der Waals surface area contributed by atoms with Crippen molar-refractivity contribution in [2.24, 2.45) is 5.92 Å². The largest absolute Gasteiger partial charge is 0.334 e. The zero-order valence-electron chi connectivity index (χ0n) is 11.6. The van der Waals surface area contributed by atoms with E-state index in [-0.39, 0.29) is 17.9 Å². The molecular weight excluding hydrogens is 228 g/mol. The van der Waals surface area contributed by atoms with Crippen LogP contribution in [0.25, 0.3) is 0 Å². The Morgan fingerprint density at radius 2 is 2.28 bits per heavy atom. The molecule has 1 aromatic rings. The highest BCUT2D eigenvalue weighted by atomic mass is 16.2. The molecule has 2 rings (SSSR count). The van der Waals surface area contributed by atoms with Crippen LogP contribution in [-0.4, -0.2) is 52.7 Å². The zero-order chi connectivity index (χ0) is 13.3. The van der Waals surface area contributed by atoms with Gasteiger partial charge in [-0.25, -0.2) is 0 Å². The van der Waals surface area contributed by atoms with Crippen LogP contribution in [0.4, 0.5) is 0 Å². The summed E-state index contributed by atoms with van der Waals surface area (Å²) in [6, 6.07) is 2.25. The Kier molecular flexibility index (Phi) is 3.71. The van der Waals surface area contributed by atoms with Gasteiger partial charge in [-0.15, -0.1) is 0 Å². The third kappa shape index (κ3) is 2.56. The minimum Gasteiger partial charge on any atom is -0.334 e. The first kappa shape index (κ1) is 13.1. The summed E-state index contributed by atoms with van der Waals surface area (Å²) in [4.78, 5) is 16.2. The highest BCUT2D eigenvalue weighted by molar-refractivity contribution is 5.78. The second-order valence-electron chi connectivity index (χ2n) is 5.56. The predicted octanol–water partition coefficient (Wildman–Crippen LogP) is 0.984. The van der Waals surface area contributed by atoms with Gasteiger partial charge in [-0.3, -0.25) is 9.48 Å². The lowest BCUT2D eigenvalue weighted by atomic mass is 10.1. The lowest BCUT2D eigenvalue weighted by Crippen LogP contribution is -2.45. The number of hydrogen-bond acceptors (Lipinski definition) is 3. The number of carbonyl (C=O) groups excluding carboxylic acids is 1. The number of fused-ring (bicyclic) bond motifs is 1. The molecule has 5 heteroatoms. The lowest BCUT2D eigenvalue weighted by Gasteiger charge is -2.36. The van der Waals surface area contributed by atoms with Crippen molar-refractivity contribution in [1.29, 1.82) is 0 Å². The summed E-state index contributed by atoms with van der Waals surface area (Å²) in [6.07, 6.45) is 1.82. The molecule has 1 aliphatic rings. The van der Waals surface area contributed by atoms with Gasteiger partial charge in [0.15, 0.2) is 0 Å². The van der Waals surface area contributed by atoms with E-state index in [9.17, 15) is 4.79 Å². The Labute approximate surface area is 108 Å². The number of nitrogens with zero attached hydrogens (tertiary/aromatic N) is 4. The van der Waals surface area contributed by atoms with Crippen LogP contribution in [0, 0.1) is 5.92 Å².